The molecule has 1 aliphatic heterocycles. The lowest BCUT2D eigenvalue weighted by Crippen LogP contribution is -2.38. The van der Waals surface area contributed by atoms with Crippen LogP contribution in [0, 0.1) is 0 Å². The maximum atomic E-state index is 11.3. The number of halogens is 1. The maximum Gasteiger partial charge on any atom is 0.285 e. The Kier molecular flexibility index (Phi) is 4.02. The number of aromatic nitrogens is 2. The minimum atomic E-state index is -0.337. The summed E-state index contributed by atoms with van der Waals surface area (Å²) in [4.78, 5) is 13.4. The van der Waals surface area contributed by atoms with Crippen molar-refractivity contribution in [2.24, 2.45) is 0 Å². The van der Waals surface area contributed by atoms with Gasteiger partial charge in [-0.3, -0.25) is 4.79 Å². The zero-order chi connectivity index (χ0) is 12.3. The van der Waals surface area contributed by atoms with Crippen molar-refractivity contribution < 1.29 is 4.74 Å². The number of H-pyrrole nitrogens is 1. The number of rotatable bonds is 3. The standard InChI is InChI=1S/C11H16ClN3O2/c1-2-17-8-3-5-15(6-4-8)9-7-13-14-11(16)10(9)12/h7-8H,2-6H2,1H3,(H,14,16). The molecule has 0 unspecified atom stereocenters. The molecule has 1 aliphatic rings. The lowest BCUT2D eigenvalue weighted by molar-refractivity contribution is 0.0459. The summed E-state index contributed by atoms with van der Waals surface area (Å²) in [6.07, 6.45) is 3.84. The first-order chi connectivity index (χ1) is 8.22. The molecule has 17 heavy (non-hydrogen) atoms. The number of anilines is 1. The van der Waals surface area contributed by atoms with E-state index in [0.717, 1.165) is 32.5 Å². The van der Waals surface area contributed by atoms with E-state index in [1.54, 1.807) is 6.20 Å². The van der Waals surface area contributed by atoms with E-state index in [2.05, 4.69) is 15.1 Å². The average Bonchev–Trinajstić information content (AvgIpc) is 2.34. The second kappa shape index (κ2) is 5.51. The van der Waals surface area contributed by atoms with Crippen LogP contribution in [0.4, 0.5) is 5.69 Å². The summed E-state index contributed by atoms with van der Waals surface area (Å²) >= 11 is 5.97. The van der Waals surface area contributed by atoms with Gasteiger partial charge < -0.3 is 9.64 Å². The van der Waals surface area contributed by atoms with Crippen molar-refractivity contribution in [1.82, 2.24) is 10.2 Å². The Morgan fingerprint density at radius 3 is 2.94 bits per heavy atom. The Morgan fingerprint density at radius 1 is 1.59 bits per heavy atom. The van der Waals surface area contributed by atoms with Gasteiger partial charge in [0.1, 0.15) is 5.02 Å². The van der Waals surface area contributed by atoms with Crippen LogP contribution in [0.15, 0.2) is 11.0 Å². The Balaban J connectivity index is 2.05. The van der Waals surface area contributed by atoms with Crippen LogP contribution in [0.5, 0.6) is 0 Å². The Bertz CT molecular complexity index is 427. The van der Waals surface area contributed by atoms with Crippen LogP contribution in [0.1, 0.15) is 19.8 Å². The second-order valence-corrected chi connectivity index (χ2v) is 4.42. The predicted molar refractivity (Wildman–Crippen MR) is 66.7 cm³/mol. The molecule has 1 fully saturated rings. The van der Waals surface area contributed by atoms with Gasteiger partial charge in [0.05, 0.1) is 18.0 Å². The monoisotopic (exact) mass is 257 g/mol. The van der Waals surface area contributed by atoms with Crippen molar-refractivity contribution in [3.63, 3.8) is 0 Å². The third-order valence-corrected chi connectivity index (χ3v) is 3.33. The number of ether oxygens (including phenoxy) is 1. The smallest absolute Gasteiger partial charge is 0.285 e. The Morgan fingerprint density at radius 2 is 2.29 bits per heavy atom. The van der Waals surface area contributed by atoms with E-state index in [0.29, 0.717) is 11.8 Å². The number of hydrogen-bond donors (Lipinski definition) is 1. The summed E-state index contributed by atoms with van der Waals surface area (Å²) in [5.74, 6) is 0. The molecule has 5 nitrogen and oxygen atoms in total. The van der Waals surface area contributed by atoms with Crippen LogP contribution < -0.4 is 10.5 Å². The van der Waals surface area contributed by atoms with Gasteiger partial charge in [-0.15, -0.1) is 0 Å². The van der Waals surface area contributed by atoms with Gasteiger partial charge in [0, 0.05) is 19.7 Å². The first kappa shape index (κ1) is 12.4. The lowest BCUT2D eigenvalue weighted by atomic mass is 10.1. The van der Waals surface area contributed by atoms with Gasteiger partial charge in [0.2, 0.25) is 0 Å². The van der Waals surface area contributed by atoms with Gasteiger partial charge in [-0.2, -0.15) is 5.10 Å². The molecule has 2 heterocycles. The molecule has 2 rings (SSSR count). The van der Waals surface area contributed by atoms with Gasteiger partial charge in [-0.05, 0) is 19.8 Å². The summed E-state index contributed by atoms with van der Waals surface area (Å²) in [5.41, 5.74) is 0.376. The zero-order valence-electron chi connectivity index (χ0n) is 9.78. The van der Waals surface area contributed by atoms with Crippen LogP contribution in [0.2, 0.25) is 5.02 Å². The third-order valence-electron chi connectivity index (χ3n) is 2.96. The van der Waals surface area contributed by atoms with E-state index in [9.17, 15) is 4.79 Å². The highest BCUT2D eigenvalue weighted by molar-refractivity contribution is 6.32. The fourth-order valence-electron chi connectivity index (χ4n) is 2.09. The van der Waals surface area contributed by atoms with Crippen molar-refractivity contribution in [1.29, 1.82) is 0 Å². The van der Waals surface area contributed by atoms with Gasteiger partial charge in [-0.25, -0.2) is 5.10 Å². The molecule has 0 bridgehead atoms. The molecule has 0 aromatic carbocycles. The second-order valence-electron chi connectivity index (χ2n) is 4.04. The summed E-state index contributed by atoms with van der Waals surface area (Å²) < 4.78 is 5.58. The molecule has 94 valence electrons. The van der Waals surface area contributed by atoms with Gasteiger partial charge >= 0.3 is 0 Å². The fraction of sp³-hybridized carbons (Fsp3) is 0.636. The summed E-state index contributed by atoms with van der Waals surface area (Å²) in [5, 5.41) is 6.32. The minimum Gasteiger partial charge on any atom is -0.378 e. The molecule has 0 amide bonds. The highest BCUT2D eigenvalue weighted by atomic mass is 35.5. The summed E-state index contributed by atoms with van der Waals surface area (Å²) in [7, 11) is 0. The molecule has 1 N–H and O–H groups in total. The average molecular weight is 258 g/mol. The SMILES string of the molecule is CCOC1CCN(c2cn[nH]c(=O)c2Cl)CC1. The van der Waals surface area contributed by atoms with Crippen molar-refractivity contribution in [2.45, 2.75) is 25.9 Å². The van der Waals surface area contributed by atoms with E-state index < -0.39 is 0 Å². The van der Waals surface area contributed by atoms with E-state index in [1.165, 1.54) is 0 Å². The zero-order valence-corrected chi connectivity index (χ0v) is 10.5. The van der Waals surface area contributed by atoms with E-state index in [4.69, 9.17) is 16.3 Å². The van der Waals surface area contributed by atoms with Gasteiger partial charge in [0.15, 0.2) is 0 Å². The van der Waals surface area contributed by atoms with Crippen LogP contribution in [-0.2, 0) is 4.74 Å². The normalized spacial score (nSPS) is 17.4. The lowest BCUT2D eigenvalue weighted by Gasteiger charge is -2.33. The minimum absolute atomic E-state index is 0.217. The van der Waals surface area contributed by atoms with Gasteiger partial charge in [-0.1, -0.05) is 11.6 Å². The van der Waals surface area contributed by atoms with Crippen molar-refractivity contribution in [3.05, 3.63) is 21.6 Å². The molecule has 1 aromatic rings. The molecule has 0 atom stereocenters. The van der Waals surface area contributed by atoms with Gasteiger partial charge in [0.25, 0.3) is 5.56 Å². The van der Waals surface area contributed by atoms with Crippen molar-refractivity contribution in [2.75, 3.05) is 24.6 Å². The van der Waals surface area contributed by atoms with E-state index >= 15 is 0 Å². The number of piperidine rings is 1. The number of nitrogens with one attached hydrogen (secondary N) is 1. The Hall–Kier alpha value is -1.07. The molecule has 0 radical (unpaired) electrons. The van der Waals surface area contributed by atoms with E-state index in [1.807, 2.05) is 6.92 Å². The highest BCUT2D eigenvalue weighted by Gasteiger charge is 2.21. The van der Waals surface area contributed by atoms with Crippen molar-refractivity contribution >= 4 is 17.3 Å². The topological polar surface area (TPSA) is 58.2 Å². The summed E-state index contributed by atoms with van der Waals surface area (Å²) in [6, 6.07) is 0. The van der Waals surface area contributed by atoms with Crippen LogP contribution in [-0.4, -0.2) is 36.0 Å². The number of aromatic amines is 1. The van der Waals surface area contributed by atoms with Crippen LogP contribution >= 0.6 is 11.6 Å². The molecular formula is C11H16ClN3O2. The van der Waals surface area contributed by atoms with Crippen LogP contribution in [0.3, 0.4) is 0 Å². The maximum absolute atomic E-state index is 11.3. The Labute approximate surface area is 105 Å². The van der Waals surface area contributed by atoms with Crippen molar-refractivity contribution in [3.8, 4) is 0 Å². The molecule has 0 aliphatic carbocycles. The quantitative estimate of drug-likeness (QED) is 0.890. The van der Waals surface area contributed by atoms with E-state index in [-0.39, 0.29) is 10.6 Å². The number of hydrogen-bond acceptors (Lipinski definition) is 4. The summed E-state index contributed by atoms with van der Waals surface area (Å²) in [6.45, 7) is 4.44. The first-order valence-corrected chi connectivity index (χ1v) is 6.20. The number of nitrogens with zero attached hydrogens (tertiary/aromatic N) is 2. The third kappa shape index (κ3) is 2.79. The molecule has 1 saturated heterocycles. The molecule has 1 aromatic heterocycles. The predicted octanol–water partition coefficient (Wildman–Crippen LogP) is 1.43. The van der Waals surface area contributed by atoms with Crippen LogP contribution in [0.25, 0.3) is 0 Å². The molecule has 6 heteroatoms. The first-order valence-electron chi connectivity index (χ1n) is 5.82. The fourth-order valence-corrected chi connectivity index (χ4v) is 2.30. The molecular weight excluding hydrogens is 242 g/mol. The largest absolute Gasteiger partial charge is 0.378 e. The highest BCUT2D eigenvalue weighted by Crippen LogP contribution is 2.24. The molecule has 0 spiro atoms. The molecule has 0 saturated carbocycles.